The number of piperazine rings is 1. The van der Waals surface area contributed by atoms with E-state index >= 15 is 0 Å². The van der Waals surface area contributed by atoms with Gasteiger partial charge in [0.2, 0.25) is 0 Å². The zero-order valence-electron chi connectivity index (χ0n) is 10.7. The van der Waals surface area contributed by atoms with Gasteiger partial charge in [0.25, 0.3) is 5.91 Å². The first-order chi connectivity index (χ1) is 8.70. The number of halogens is 1. The topological polar surface area (TPSA) is 23.6 Å². The number of nitrogens with zero attached hydrogens (tertiary/aromatic N) is 2. The Kier molecular flexibility index (Phi) is 4.78. The molecule has 1 aromatic carbocycles. The van der Waals surface area contributed by atoms with Gasteiger partial charge in [0.05, 0.1) is 0 Å². The molecule has 3 nitrogen and oxygen atoms in total. The van der Waals surface area contributed by atoms with Gasteiger partial charge >= 0.3 is 0 Å². The van der Waals surface area contributed by atoms with E-state index in [2.05, 4.69) is 20.8 Å². The Morgan fingerprint density at radius 1 is 1.28 bits per heavy atom. The van der Waals surface area contributed by atoms with Crippen LogP contribution in [0.25, 0.3) is 0 Å². The highest BCUT2D eigenvalue weighted by atomic mass is 79.9. The van der Waals surface area contributed by atoms with E-state index in [4.69, 9.17) is 0 Å². The summed E-state index contributed by atoms with van der Waals surface area (Å²) >= 11 is 3.45. The van der Waals surface area contributed by atoms with Crippen LogP contribution in [-0.2, 0) is 0 Å². The lowest BCUT2D eigenvalue weighted by Gasteiger charge is -2.34. The maximum atomic E-state index is 12.3. The molecule has 1 saturated heterocycles. The third-order valence-corrected chi connectivity index (χ3v) is 3.68. The molecule has 0 bridgehead atoms. The highest BCUT2D eigenvalue weighted by Crippen LogP contribution is 2.10. The number of amides is 1. The fourth-order valence-electron chi connectivity index (χ4n) is 2.25. The number of alkyl halides is 1. The zero-order chi connectivity index (χ0) is 13.0. The Morgan fingerprint density at radius 2 is 2.00 bits per heavy atom. The van der Waals surface area contributed by atoms with Crippen LogP contribution in [-0.4, -0.2) is 53.8 Å². The van der Waals surface area contributed by atoms with E-state index in [9.17, 15) is 4.79 Å². The van der Waals surface area contributed by atoms with Crippen molar-refractivity contribution < 1.29 is 4.79 Å². The normalized spacial score (nSPS) is 16.9. The lowest BCUT2D eigenvalue weighted by atomic mass is 10.1. The van der Waals surface area contributed by atoms with Gasteiger partial charge < -0.3 is 4.90 Å². The van der Waals surface area contributed by atoms with Crippen molar-refractivity contribution in [1.29, 1.82) is 0 Å². The van der Waals surface area contributed by atoms with Gasteiger partial charge in [0, 0.05) is 43.6 Å². The fourth-order valence-corrected chi connectivity index (χ4v) is 2.76. The summed E-state index contributed by atoms with van der Waals surface area (Å²) in [5, 5.41) is 0.999. The molecule has 1 aliphatic rings. The molecule has 1 heterocycles. The largest absolute Gasteiger partial charge is 0.336 e. The van der Waals surface area contributed by atoms with Gasteiger partial charge in [0.15, 0.2) is 0 Å². The van der Waals surface area contributed by atoms with Crippen LogP contribution in [0.4, 0.5) is 0 Å². The van der Waals surface area contributed by atoms with Crippen molar-refractivity contribution >= 4 is 21.8 Å². The second kappa shape index (κ2) is 6.34. The Balaban J connectivity index is 1.95. The SMILES string of the molecule is Cc1cccc(C(=O)N2CCN(CCBr)CC2)c1. The van der Waals surface area contributed by atoms with E-state index in [0.29, 0.717) is 0 Å². The number of hydrogen-bond acceptors (Lipinski definition) is 2. The van der Waals surface area contributed by atoms with Crippen molar-refractivity contribution in [2.24, 2.45) is 0 Å². The summed E-state index contributed by atoms with van der Waals surface area (Å²) in [5.41, 5.74) is 1.95. The van der Waals surface area contributed by atoms with Crippen molar-refractivity contribution in [3.8, 4) is 0 Å². The average Bonchev–Trinajstić information content (AvgIpc) is 2.39. The molecule has 0 unspecified atom stereocenters. The molecule has 0 N–H and O–H groups in total. The quantitative estimate of drug-likeness (QED) is 0.799. The highest BCUT2D eigenvalue weighted by molar-refractivity contribution is 9.09. The van der Waals surface area contributed by atoms with Crippen molar-refractivity contribution in [2.45, 2.75) is 6.92 Å². The maximum Gasteiger partial charge on any atom is 0.253 e. The number of carbonyl (C=O) groups excluding carboxylic acids is 1. The van der Waals surface area contributed by atoms with Crippen LogP contribution in [0.5, 0.6) is 0 Å². The van der Waals surface area contributed by atoms with E-state index in [1.807, 2.05) is 36.1 Å². The van der Waals surface area contributed by atoms with Gasteiger partial charge in [-0.1, -0.05) is 33.6 Å². The molecule has 1 aliphatic heterocycles. The molecule has 1 fully saturated rings. The standard InChI is InChI=1S/C14H19BrN2O/c1-12-3-2-4-13(11-12)14(18)17-9-7-16(6-5-15)8-10-17/h2-4,11H,5-10H2,1H3. The molecular formula is C14H19BrN2O. The predicted molar refractivity (Wildman–Crippen MR) is 77.3 cm³/mol. The zero-order valence-corrected chi connectivity index (χ0v) is 12.3. The summed E-state index contributed by atoms with van der Waals surface area (Å²) in [7, 11) is 0. The number of benzene rings is 1. The first kappa shape index (κ1) is 13.6. The predicted octanol–water partition coefficient (Wildman–Crippen LogP) is 2.15. The minimum atomic E-state index is 0.164. The molecule has 1 aromatic rings. The van der Waals surface area contributed by atoms with Crippen LogP contribution in [0.15, 0.2) is 24.3 Å². The summed E-state index contributed by atoms with van der Waals surface area (Å²) in [6.07, 6.45) is 0. The number of rotatable bonds is 3. The first-order valence-corrected chi connectivity index (χ1v) is 7.47. The smallest absolute Gasteiger partial charge is 0.253 e. The van der Waals surface area contributed by atoms with Gasteiger partial charge in [-0.15, -0.1) is 0 Å². The summed E-state index contributed by atoms with van der Waals surface area (Å²) in [5.74, 6) is 0.164. The van der Waals surface area contributed by atoms with Crippen LogP contribution in [0, 0.1) is 6.92 Å². The molecule has 2 rings (SSSR count). The molecule has 0 aromatic heterocycles. The van der Waals surface area contributed by atoms with E-state index in [0.717, 1.165) is 49.2 Å². The summed E-state index contributed by atoms with van der Waals surface area (Å²) in [6.45, 7) is 6.70. The maximum absolute atomic E-state index is 12.3. The molecule has 4 heteroatoms. The molecule has 1 amide bonds. The second-order valence-electron chi connectivity index (χ2n) is 4.69. The summed E-state index contributed by atoms with van der Waals surface area (Å²) in [6, 6.07) is 7.84. The van der Waals surface area contributed by atoms with E-state index in [-0.39, 0.29) is 5.91 Å². The molecule has 0 atom stereocenters. The first-order valence-electron chi connectivity index (χ1n) is 6.35. The van der Waals surface area contributed by atoms with Crippen molar-refractivity contribution in [1.82, 2.24) is 9.80 Å². The van der Waals surface area contributed by atoms with Crippen LogP contribution < -0.4 is 0 Å². The fraction of sp³-hybridized carbons (Fsp3) is 0.500. The molecular weight excluding hydrogens is 292 g/mol. The number of hydrogen-bond donors (Lipinski definition) is 0. The molecule has 0 radical (unpaired) electrons. The average molecular weight is 311 g/mol. The van der Waals surface area contributed by atoms with E-state index < -0.39 is 0 Å². The minimum absolute atomic E-state index is 0.164. The number of aryl methyl sites for hydroxylation is 1. The number of carbonyl (C=O) groups is 1. The Morgan fingerprint density at radius 3 is 2.61 bits per heavy atom. The van der Waals surface area contributed by atoms with E-state index in [1.165, 1.54) is 0 Å². The lowest BCUT2D eigenvalue weighted by molar-refractivity contribution is 0.0645. The van der Waals surface area contributed by atoms with Crippen LogP contribution >= 0.6 is 15.9 Å². The monoisotopic (exact) mass is 310 g/mol. The molecule has 0 aliphatic carbocycles. The van der Waals surface area contributed by atoms with Gasteiger partial charge in [-0.25, -0.2) is 0 Å². The minimum Gasteiger partial charge on any atom is -0.336 e. The highest BCUT2D eigenvalue weighted by Gasteiger charge is 2.21. The summed E-state index contributed by atoms with van der Waals surface area (Å²) in [4.78, 5) is 16.7. The van der Waals surface area contributed by atoms with Gasteiger partial charge in [-0.05, 0) is 19.1 Å². The Labute approximate surface area is 117 Å². The van der Waals surface area contributed by atoms with Gasteiger partial charge in [0.1, 0.15) is 0 Å². The second-order valence-corrected chi connectivity index (χ2v) is 5.49. The van der Waals surface area contributed by atoms with Crippen LogP contribution in [0.3, 0.4) is 0 Å². The Hall–Kier alpha value is -0.870. The molecule has 18 heavy (non-hydrogen) atoms. The third kappa shape index (κ3) is 3.33. The van der Waals surface area contributed by atoms with E-state index in [1.54, 1.807) is 0 Å². The summed E-state index contributed by atoms with van der Waals surface area (Å²) < 4.78 is 0. The molecule has 98 valence electrons. The molecule has 0 spiro atoms. The third-order valence-electron chi connectivity index (χ3n) is 3.33. The van der Waals surface area contributed by atoms with Gasteiger partial charge in [-0.3, -0.25) is 9.69 Å². The van der Waals surface area contributed by atoms with Crippen LogP contribution in [0.2, 0.25) is 0 Å². The van der Waals surface area contributed by atoms with Crippen LogP contribution in [0.1, 0.15) is 15.9 Å². The van der Waals surface area contributed by atoms with Crippen molar-refractivity contribution in [2.75, 3.05) is 38.1 Å². The Bertz CT molecular complexity index is 414. The van der Waals surface area contributed by atoms with Crippen molar-refractivity contribution in [3.63, 3.8) is 0 Å². The van der Waals surface area contributed by atoms with Gasteiger partial charge in [-0.2, -0.15) is 0 Å². The lowest BCUT2D eigenvalue weighted by Crippen LogP contribution is -2.49. The molecule has 0 saturated carbocycles. The van der Waals surface area contributed by atoms with Crippen molar-refractivity contribution in [3.05, 3.63) is 35.4 Å².